The second-order valence-electron chi connectivity index (χ2n) is 4.66. The summed E-state index contributed by atoms with van der Waals surface area (Å²) in [5.74, 6) is 0. The van der Waals surface area contributed by atoms with Crippen molar-refractivity contribution in [2.45, 2.75) is 57.2 Å². The van der Waals surface area contributed by atoms with Gasteiger partial charge in [-0.2, -0.15) is 0 Å². The molecule has 12 heavy (non-hydrogen) atoms. The summed E-state index contributed by atoms with van der Waals surface area (Å²) in [5, 5.41) is 9.55. The molecule has 0 bridgehead atoms. The van der Waals surface area contributed by atoms with Crippen LogP contribution in [0.1, 0.15) is 39.5 Å². The zero-order valence-corrected chi connectivity index (χ0v) is 8.08. The Kier molecular flexibility index (Phi) is 1.92. The molecule has 1 atom stereocenters. The number of aliphatic hydroxyl groups excluding tert-OH is 1. The van der Waals surface area contributed by atoms with Crippen LogP contribution in [0, 0.1) is 0 Å². The maximum Gasteiger partial charge on any atom is 0.0668 e. The Labute approximate surface area is 74.6 Å². The summed E-state index contributed by atoms with van der Waals surface area (Å²) in [5.41, 5.74) is 0.521. The molecule has 2 fully saturated rings. The van der Waals surface area contributed by atoms with Gasteiger partial charge in [0.2, 0.25) is 0 Å². The largest absolute Gasteiger partial charge is 0.392 e. The lowest BCUT2D eigenvalue weighted by Crippen LogP contribution is -2.50. The first kappa shape index (κ1) is 8.52. The number of aliphatic hydroxyl groups is 1. The monoisotopic (exact) mass is 169 g/mol. The van der Waals surface area contributed by atoms with Gasteiger partial charge in [0.15, 0.2) is 0 Å². The van der Waals surface area contributed by atoms with Crippen LogP contribution >= 0.6 is 0 Å². The van der Waals surface area contributed by atoms with Crippen molar-refractivity contribution in [3.8, 4) is 0 Å². The molecule has 0 aromatic heterocycles. The number of rotatable bonds is 1. The zero-order chi connectivity index (χ0) is 8.77. The molecule has 70 valence electrons. The van der Waals surface area contributed by atoms with Crippen LogP contribution in [0.2, 0.25) is 0 Å². The lowest BCUT2D eigenvalue weighted by molar-refractivity contribution is 0.00597. The number of β-amino-alcohol motifs (C(OH)–C–C–N with tert-alkyl or cyclic N) is 1. The molecule has 1 saturated carbocycles. The van der Waals surface area contributed by atoms with Crippen molar-refractivity contribution in [3.63, 3.8) is 0 Å². The molecule has 1 N–H and O–H groups in total. The van der Waals surface area contributed by atoms with E-state index in [0.29, 0.717) is 11.6 Å². The summed E-state index contributed by atoms with van der Waals surface area (Å²) in [4.78, 5) is 2.50. The van der Waals surface area contributed by atoms with Gasteiger partial charge in [-0.05, 0) is 39.5 Å². The highest BCUT2D eigenvalue weighted by Gasteiger charge is 2.51. The highest BCUT2D eigenvalue weighted by Crippen LogP contribution is 2.49. The Morgan fingerprint density at radius 1 is 1.33 bits per heavy atom. The molecular weight excluding hydrogens is 150 g/mol. The molecule has 0 aromatic rings. The van der Waals surface area contributed by atoms with Gasteiger partial charge >= 0.3 is 0 Å². The molecule has 1 aliphatic heterocycles. The molecule has 1 heterocycles. The minimum atomic E-state index is -0.0707. The van der Waals surface area contributed by atoms with E-state index >= 15 is 0 Å². The Morgan fingerprint density at radius 2 is 2.00 bits per heavy atom. The highest BCUT2D eigenvalue weighted by atomic mass is 16.3. The van der Waals surface area contributed by atoms with Gasteiger partial charge in [-0.15, -0.1) is 0 Å². The van der Waals surface area contributed by atoms with Gasteiger partial charge < -0.3 is 5.11 Å². The van der Waals surface area contributed by atoms with Crippen LogP contribution in [0.15, 0.2) is 0 Å². The Balaban J connectivity index is 2.06. The topological polar surface area (TPSA) is 23.5 Å². The lowest BCUT2D eigenvalue weighted by atomic mass is 9.96. The first-order valence-corrected chi connectivity index (χ1v) is 5.09. The molecule has 1 aliphatic carbocycles. The number of nitrogens with zero attached hydrogens (tertiary/aromatic N) is 1. The second-order valence-corrected chi connectivity index (χ2v) is 4.66. The van der Waals surface area contributed by atoms with Gasteiger partial charge in [0.1, 0.15) is 0 Å². The Morgan fingerprint density at radius 3 is 2.50 bits per heavy atom. The maximum atomic E-state index is 9.55. The van der Waals surface area contributed by atoms with E-state index in [1.165, 1.54) is 19.3 Å². The van der Waals surface area contributed by atoms with Gasteiger partial charge in [-0.1, -0.05) is 0 Å². The van der Waals surface area contributed by atoms with Crippen molar-refractivity contribution in [1.82, 2.24) is 4.90 Å². The molecule has 2 rings (SSSR count). The van der Waals surface area contributed by atoms with Crippen LogP contribution in [0.3, 0.4) is 0 Å². The molecule has 2 nitrogen and oxygen atoms in total. The fraction of sp³-hybridized carbons (Fsp3) is 1.00. The van der Waals surface area contributed by atoms with Crippen molar-refractivity contribution in [2.24, 2.45) is 0 Å². The third-order valence-electron chi connectivity index (χ3n) is 3.41. The van der Waals surface area contributed by atoms with Gasteiger partial charge in [-0.3, -0.25) is 4.90 Å². The molecule has 1 spiro atoms. The van der Waals surface area contributed by atoms with Crippen molar-refractivity contribution in [1.29, 1.82) is 0 Å². The minimum Gasteiger partial charge on any atom is -0.392 e. The summed E-state index contributed by atoms with van der Waals surface area (Å²) in [6.07, 6.45) is 4.88. The van der Waals surface area contributed by atoms with Crippen molar-refractivity contribution in [2.75, 3.05) is 6.54 Å². The normalized spacial score (nSPS) is 34.5. The Bertz CT molecular complexity index is 175. The van der Waals surface area contributed by atoms with Gasteiger partial charge in [-0.25, -0.2) is 0 Å². The predicted molar refractivity (Wildman–Crippen MR) is 49.0 cm³/mol. The fourth-order valence-corrected chi connectivity index (χ4v) is 2.53. The van der Waals surface area contributed by atoms with E-state index in [4.69, 9.17) is 0 Å². The van der Waals surface area contributed by atoms with Gasteiger partial charge in [0, 0.05) is 18.1 Å². The quantitative estimate of drug-likeness (QED) is 0.641. The van der Waals surface area contributed by atoms with E-state index in [0.717, 1.165) is 13.0 Å². The van der Waals surface area contributed by atoms with Gasteiger partial charge in [0.25, 0.3) is 0 Å². The lowest BCUT2D eigenvalue weighted by Gasteiger charge is -2.41. The SMILES string of the molecule is CC(C)N1C[C@H](O)CCC12CC2. The minimum absolute atomic E-state index is 0.0707. The average Bonchev–Trinajstić information content (AvgIpc) is 2.76. The summed E-state index contributed by atoms with van der Waals surface area (Å²) in [6, 6.07) is 0.599. The summed E-state index contributed by atoms with van der Waals surface area (Å²) in [7, 11) is 0. The van der Waals surface area contributed by atoms with Gasteiger partial charge in [0.05, 0.1) is 6.10 Å². The second kappa shape index (κ2) is 2.71. The van der Waals surface area contributed by atoms with Crippen molar-refractivity contribution >= 4 is 0 Å². The molecule has 2 heteroatoms. The molecule has 0 radical (unpaired) electrons. The highest BCUT2D eigenvalue weighted by molar-refractivity contribution is 5.07. The molecule has 1 saturated heterocycles. The van der Waals surface area contributed by atoms with Crippen LogP contribution in [-0.4, -0.2) is 34.2 Å². The van der Waals surface area contributed by atoms with E-state index in [1.54, 1.807) is 0 Å². The Hall–Kier alpha value is -0.0800. The van der Waals surface area contributed by atoms with Crippen LogP contribution < -0.4 is 0 Å². The van der Waals surface area contributed by atoms with Crippen LogP contribution in [0.25, 0.3) is 0 Å². The number of hydrogen-bond acceptors (Lipinski definition) is 2. The van der Waals surface area contributed by atoms with Crippen LogP contribution in [0.5, 0.6) is 0 Å². The summed E-state index contributed by atoms with van der Waals surface area (Å²) < 4.78 is 0. The first-order chi connectivity index (χ1) is 5.64. The van der Waals surface area contributed by atoms with E-state index in [2.05, 4.69) is 18.7 Å². The number of likely N-dealkylation sites (tertiary alicyclic amines) is 1. The average molecular weight is 169 g/mol. The molecule has 0 amide bonds. The number of hydrogen-bond donors (Lipinski definition) is 1. The van der Waals surface area contributed by atoms with Crippen LogP contribution in [-0.2, 0) is 0 Å². The molecule has 2 aliphatic rings. The summed E-state index contributed by atoms with van der Waals surface area (Å²) in [6.45, 7) is 5.37. The van der Waals surface area contributed by atoms with E-state index in [1.807, 2.05) is 0 Å². The van der Waals surface area contributed by atoms with E-state index in [-0.39, 0.29) is 6.10 Å². The summed E-state index contributed by atoms with van der Waals surface area (Å²) >= 11 is 0. The van der Waals surface area contributed by atoms with Crippen LogP contribution in [0.4, 0.5) is 0 Å². The predicted octanol–water partition coefficient (Wildman–Crippen LogP) is 1.38. The van der Waals surface area contributed by atoms with E-state index < -0.39 is 0 Å². The van der Waals surface area contributed by atoms with E-state index in [9.17, 15) is 5.11 Å². The van der Waals surface area contributed by atoms with Crippen molar-refractivity contribution < 1.29 is 5.11 Å². The first-order valence-electron chi connectivity index (χ1n) is 5.09. The third-order valence-corrected chi connectivity index (χ3v) is 3.41. The maximum absolute atomic E-state index is 9.55. The molecular formula is C10H19NO. The standard InChI is InChI=1S/C10H19NO/c1-8(2)11-7-9(12)3-4-10(11)5-6-10/h8-9,12H,3-7H2,1-2H3/t9-/m1/s1. The number of piperidine rings is 1. The van der Waals surface area contributed by atoms with Crippen molar-refractivity contribution in [3.05, 3.63) is 0 Å². The molecule has 0 unspecified atom stereocenters. The molecule has 0 aromatic carbocycles. The smallest absolute Gasteiger partial charge is 0.0668 e. The zero-order valence-electron chi connectivity index (χ0n) is 8.08. The fourth-order valence-electron chi connectivity index (χ4n) is 2.53. The third kappa shape index (κ3) is 1.27.